The number of benzene rings is 1. The average molecular weight is 276 g/mol. The van der Waals surface area contributed by atoms with Gasteiger partial charge in [-0.15, -0.1) is 0 Å². The van der Waals surface area contributed by atoms with E-state index in [1.165, 1.54) is 0 Å². The minimum atomic E-state index is -0.983. The highest BCUT2D eigenvalue weighted by atomic mass is 16.4. The number of hydrogen-bond donors (Lipinski definition) is 3. The summed E-state index contributed by atoms with van der Waals surface area (Å²) in [5.74, 6) is -1.34. The summed E-state index contributed by atoms with van der Waals surface area (Å²) in [6, 6.07) is 6.51. The van der Waals surface area contributed by atoms with E-state index >= 15 is 0 Å². The molecule has 0 saturated heterocycles. The minimum absolute atomic E-state index is 0.0970. The standard InChI is InChI=1S/C15H20N2O3/c1-3-9(2)13(15(19)20)17-14(18)12-8-10-6-4-5-7-11(10)16-12/h4-7,9,12-13,16H,3,8H2,1-2H3,(H,17,18)(H,19,20)/t9?,12?,13-/m0/s1. The topological polar surface area (TPSA) is 78.4 Å². The molecule has 1 aliphatic rings. The lowest BCUT2D eigenvalue weighted by Gasteiger charge is -2.22. The zero-order valence-electron chi connectivity index (χ0n) is 11.7. The Balaban J connectivity index is 2.01. The molecule has 3 N–H and O–H groups in total. The molecule has 5 heteroatoms. The maximum absolute atomic E-state index is 12.2. The summed E-state index contributed by atoms with van der Waals surface area (Å²) in [4.78, 5) is 23.4. The molecule has 5 nitrogen and oxygen atoms in total. The largest absolute Gasteiger partial charge is 0.480 e. The summed E-state index contributed by atoms with van der Waals surface area (Å²) in [5, 5.41) is 15.0. The molecule has 0 aromatic heterocycles. The van der Waals surface area contributed by atoms with Crippen molar-refractivity contribution in [2.45, 2.75) is 38.8 Å². The van der Waals surface area contributed by atoms with Crippen molar-refractivity contribution >= 4 is 17.6 Å². The van der Waals surface area contributed by atoms with Crippen molar-refractivity contribution in [2.24, 2.45) is 5.92 Å². The molecule has 1 amide bonds. The van der Waals surface area contributed by atoms with Crippen LogP contribution in [0, 0.1) is 5.92 Å². The fourth-order valence-electron chi connectivity index (χ4n) is 2.39. The van der Waals surface area contributed by atoms with E-state index in [2.05, 4.69) is 10.6 Å². The minimum Gasteiger partial charge on any atom is -0.480 e. The molecule has 2 rings (SSSR count). The summed E-state index contributed by atoms with van der Waals surface area (Å²) in [5.41, 5.74) is 2.03. The number of carboxylic acid groups (broad SMARTS) is 1. The third-order valence-electron chi connectivity index (χ3n) is 3.86. The van der Waals surface area contributed by atoms with Gasteiger partial charge in [0.25, 0.3) is 0 Å². The van der Waals surface area contributed by atoms with Crippen LogP contribution in [0.2, 0.25) is 0 Å². The lowest BCUT2D eigenvalue weighted by Crippen LogP contribution is -2.50. The normalized spacial score (nSPS) is 19.6. The van der Waals surface area contributed by atoms with Crippen LogP contribution in [0.25, 0.3) is 0 Å². The van der Waals surface area contributed by atoms with Gasteiger partial charge in [-0.25, -0.2) is 4.79 Å². The van der Waals surface area contributed by atoms with Gasteiger partial charge in [-0.2, -0.15) is 0 Å². The lowest BCUT2D eigenvalue weighted by atomic mass is 9.98. The van der Waals surface area contributed by atoms with Crippen molar-refractivity contribution < 1.29 is 14.7 Å². The second kappa shape index (κ2) is 5.94. The molecule has 0 bridgehead atoms. The van der Waals surface area contributed by atoms with E-state index in [-0.39, 0.29) is 11.8 Å². The third kappa shape index (κ3) is 2.92. The maximum atomic E-state index is 12.2. The Bertz CT molecular complexity index is 491. The predicted octanol–water partition coefficient (Wildman–Crippen LogP) is 1.64. The van der Waals surface area contributed by atoms with Gasteiger partial charge in [-0.3, -0.25) is 4.79 Å². The molecule has 108 valence electrons. The zero-order chi connectivity index (χ0) is 14.7. The summed E-state index contributed by atoms with van der Waals surface area (Å²) >= 11 is 0. The smallest absolute Gasteiger partial charge is 0.326 e. The van der Waals surface area contributed by atoms with Crippen molar-refractivity contribution in [1.29, 1.82) is 0 Å². The second-order valence-electron chi connectivity index (χ2n) is 5.27. The van der Waals surface area contributed by atoms with Crippen LogP contribution in [0.1, 0.15) is 25.8 Å². The Morgan fingerprint density at radius 1 is 1.45 bits per heavy atom. The molecule has 0 saturated carbocycles. The van der Waals surface area contributed by atoms with Crippen LogP contribution < -0.4 is 10.6 Å². The fraction of sp³-hybridized carbons (Fsp3) is 0.467. The van der Waals surface area contributed by atoms with Crippen LogP contribution in [0.4, 0.5) is 5.69 Å². The number of nitrogens with one attached hydrogen (secondary N) is 2. The van der Waals surface area contributed by atoms with E-state index in [1.807, 2.05) is 38.1 Å². The van der Waals surface area contributed by atoms with E-state index < -0.39 is 18.1 Å². The van der Waals surface area contributed by atoms with Gasteiger partial charge in [0.2, 0.25) is 5.91 Å². The van der Waals surface area contributed by atoms with Crippen molar-refractivity contribution in [3.63, 3.8) is 0 Å². The van der Waals surface area contributed by atoms with E-state index in [9.17, 15) is 14.7 Å². The molecule has 3 atom stereocenters. The predicted molar refractivity (Wildman–Crippen MR) is 76.6 cm³/mol. The summed E-state index contributed by atoms with van der Waals surface area (Å²) in [6.07, 6.45) is 1.30. The van der Waals surface area contributed by atoms with Crippen molar-refractivity contribution in [2.75, 3.05) is 5.32 Å². The van der Waals surface area contributed by atoms with Crippen LogP contribution in [0.15, 0.2) is 24.3 Å². The van der Waals surface area contributed by atoms with E-state index in [0.29, 0.717) is 12.8 Å². The van der Waals surface area contributed by atoms with Gasteiger partial charge in [0.15, 0.2) is 0 Å². The van der Waals surface area contributed by atoms with Gasteiger partial charge in [0, 0.05) is 12.1 Å². The van der Waals surface area contributed by atoms with E-state index in [1.54, 1.807) is 0 Å². The van der Waals surface area contributed by atoms with Gasteiger partial charge < -0.3 is 15.7 Å². The highest BCUT2D eigenvalue weighted by Gasteiger charge is 2.31. The monoisotopic (exact) mass is 276 g/mol. The highest BCUT2D eigenvalue weighted by molar-refractivity contribution is 5.90. The Morgan fingerprint density at radius 2 is 2.15 bits per heavy atom. The Kier molecular flexibility index (Phi) is 4.27. The number of carboxylic acids is 1. The number of rotatable bonds is 5. The van der Waals surface area contributed by atoms with Crippen molar-refractivity contribution in [3.05, 3.63) is 29.8 Å². The number of amides is 1. The number of para-hydroxylation sites is 1. The van der Waals surface area contributed by atoms with Gasteiger partial charge in [-0.05, 0) is 17.5 Å². The molecule has 0 aliphatic carbocycles. The molecule has 2 unspecified atom stereocenters. The summed E-state index contributed by atoms with van der Waals surface area (Å²) < 4.78 is 0. The first kappa shape index (κ1) is 14.4. The Morgan fingerprint density at radius 3 is 2.75 bits per heavy atom. The van der Waals surface area contributed by atoms with Gasteiger partial charge in [0.05, 0.1) is 0 Å². The number of aliphatic carboxylic acids is 1. The molecule has 0 radical (unpaired) electrons. The molecule has 20 heavy (non-hydrogen) atoms. The highest BCUT2D eigenvalue weighted by Crippen LogP contribution is 2.25. The van der Waals surface area contributed by atoms with Gasteiger partial charge in [-0.1, -0.05) is 38.5 Å². The Hall–Kier alpha value is -2.04. The number of fused-ring (bicyclic) bond motifs is 1. The van der Waals surface area contributed by atoms with E-state index in [4.69, 9.17) is 0 Å². The van der Waals surface area contributed by atoms with Crippen LogP contribution in [-0.2, 0) is 16.0 Å². The molecule has 1 heterocycles. The molecule has 0 fully saturated rings. The van der Waals surface area contributed by atoms with Crippen molar-refractivity contribution in [3.8, 4) is 0 Å². The number of hydrogen-bond acceptors (Lipinski definition) is 3. The quantitative estimate of drug-likeness (QED) is 0.764. The van der Waals surface area contributed by atoms with Crippen LogP contribution in [0.5, 0.6) is 0 Å². The van der Waals surface area contributed by atoms with Crippen LogP contribution >= 0.6 is 0 Å². The first-order valence-electron chi connectivity index (χ1n) is 6.90. The molecular weight excluding hydrogens is 256 g/mol. The number of anilines is 1. The first-order chi connectivity index (χ1) is 9.52. The first-order valence-corrected chi connectivity index (χ1v) is 6.90. The fourth-order valence-corrected chi connectivity index (χ4v) is 2.39. The van der Waals surface area contributed by atoms with Crippen molar-refractivity contribution in [1.82, 2.24) is 5.32 Å². The molecule has 0 spiro atoms. The van der Waals surface area contributed by atoms with Crippen LogP contribution in [0.3, 0.4) is 0 Å². The zero-order valence-corrected chi connectivity index (χ0v) is 11.7. The Labute approximate surface area is 118 Å². The average Bonchev–Trinajstić information content (AvgIpc) is 2.87. The number of carbonyl (C=O) groups is 2. The van der Waals surface area contributed by atoms with Gasteiger partial charge >= 0.3 is 5.97 Å². The number of carbonyl (C=O) groups excluding carboxylic acids is 1. The third-order valence-corrected chi connectivity index (χ3v) is 3.86. The van der Waals surface area contributed by atoms with Gasteiger partial charge in [0.1, 0.15) is 12.1 Å². The molecule has 1 aliphatic heterocycles. The molecule has 1 aromatic rings. The SMILES string of the molecule is CCC(C)[C@H](NC(=O)C1Cc2ccccc2N1)C(=O)O. The molecular formula is C15H20N2O3. The second-order valence-corrected chi connectivity index (χ2v) is 5.27. The van der Waals surface area contributed by atoms with E-state index in [0.717, 1.165) is 11.3 Å². The lowest BCUT2D eigenvalue weighted by molar-refractivity contribution is -0.143. The summed E-state index contributed by atoms with van der Waals surface area (Å²) in [6.45, 7) is 3.74. The van der Waals surface area contributed by atoms with Crippen LogP contribution in [-0.4, -0.2) is 29.1 Å². The molecule has 1 aromatic carbocycles. The summed E-state index contributed by atoms with van der Waals surface area (Å²) in [7, 11) is 0. The maximum Gasteiger partial charge on any atom is 0.326 e.